The minimum absolute atomic E-state index is 0.109. The summed E-state index contributed by atoms with van der Waals surface area (Å²) in [6, 6.07) is 9.67. The number of phenolic OH excluding ortho intramolecular Hbond substituents is 2. The number of benzene rings is 2. The summed E-state index contributed by atoms with van der Waals surface area (Å²) >= 11 is 0. The van der Waals surface area contributed by atoms with E-state index in [1.807, 2.05) is 19.1 Å². The molecule has 1 atom stereocenters. The molecule has 0 saturated heterocycles. The second-order valence-electron chi connectivity index (χ2n) is 4.68. The molecule has 0 aromatic heterocycles. The number of ether oxygens (including phenoxy) is 2. The van der Waals surface area contributed by atoms with Crippen molar-refractivity contribution in [2.24, 2.45) is 0 Å². The molecule has 0 spiro atoms. The summed E-state index contributed by atoms with van der Waals surface area (Å²) in [5, 5.41) is 22.7. The van der Waals surface area contributed by atoms with Crippen molar-refractivity contribution in [1.29, 1.82) is 0 Å². The van der Waals surface area contributed by atoms with E-state index >= 15 is 0 Å². The van der Waals surface area contributed by atoms with E-state index < -0.39 is 0 Å². The van der Waals surface area contributed by atoms with Crippen molar-refractivity contribution < 1.29 is 19.7 Å². The molecule has 2 aromatic rings. The Bertz CT molecular complexity index is 628. The first-order chi connectivity index (χ1) is 10.0. The zero-order valence-electron chi connectivity index (χ0n) is 12.3. The summed E-state index contributed by atoms with van der Waals surface area (Å²) < 4.78 is 10.5. The number of phenols is 2. The molecule has 0 aliphatic rings. The van der Waals surface area contributed by atoms with Crippen LogP contribution in [0.25, 0.3) is 0 Å². The van der Waals surface area contributed by atoms with Crippen LogP contribution in [0.15, 0.2) is 36.4 Å². The van der Waals surface area contributed by atoms with Crippen LogP contribution >= 0.6 is 0 Å². The van der Waals surface area contributed by atoms with Crippen LogP contribution in [0, 0.1) is 0 Å². The van der Waals surface area contributed by atoms with Gasteiger partial charge in [0.2, 0.25) is 0 Å². The Balaban J connectivity index is 2.26. The fraction of sp³-hybridized carbons (Fsp3) is 0.250. The van der Waals surface area contributed by atoms with Crippen molar-refractivity contribution in [1.82, 2.24) is 0 Å². The van der Waals surface area contributed by atoms with Crippen LogP contribution in [-0.4, -0.2) is 24.4 Å². The van der Waals surface area contributed by atoms with Gasteiger partial charge in [0.15, 0.2) is 0 Å². The monoisotopic (exact) mass is 289 g/mol. The average molecular weight is 289 g/mol. The Labute approximate surface area is 123 Å². The van der Waals surface area contributed by atoms with Crippen molar-refractivity contribution in [3.63, 3.8) is 0 Å². The lowest BCUT2D eigenvalue weighted by Gasteiger charge is -2.19. The van der Waals surface area contributed by atoms with Crippen molar-refractivity contribution in [3.05, 3.63) is 42.0 Å². The van der Waals surface area contributed by atoms with Crippen LogP contribution in [0.2, 0.25) is 0 Å². The predicted molar refractivity (Wildman–Crippen MR) is 81.4 cm³/mol. The zero-order valence-corrected chi connectivity index (χ0v) is 12.3. The molecule has 0 radical (unpaired) electrons. The van der Waals surface area contributed by atoms with E-state index in [4.69, 9.17) is 9.47 Å². The highest BCUT2D eigenvalue weighted by Crippen LogP contribution is 2.34. The molecular weight excluding hydrogens is 270 g/mol. The molecule has 1 unspecified atom stereocenters. The Morgan fingerprint density at radius 1 is 1.00 bits per heavy atom. The van der Waals surface area contributed by atoms with Crippen LogP contribution in [0.1, 0.15) is 18.5 Å². The third-order valence-electron chi connectivity index (χ3n) is 3.26. The molecule has 5 heteroatoms. The van der Waals surface area contributed by atoms with Crippen molar-refractivity contribution in [3.8, 4) is 23.0 Å². The minimum atomic E-state index is -0.209. The van der Waals surface area contributed by atoms with Gasteiger partial charge in [-0.25, -0.2) is 0 Å². The standard InChI is InChI=1S/C16H19NO4/c1-10(13-8-11(18)4-7-15(13)19)17-14-6-5-12(20-2)9-16(14)21-3/h4-10,17-19H,1-3H3. The van der Waals surface area contributed by atoms with Gasteiger partial charge in [0.25, 0.3) is 0 Å². The van der Waals surface area contributed by atoms with Gasteiger partial charge in [-0.3, -0.25) is 0 Å². The van der Waals surface area contributed by atoms with Gasteiger partial charge >= 0.3 is 0 Å². The molecule has 2 rings (SSSR count). The Kier molecular flexibility index (Phi) is 4.42. The van der Waals surface area contributed by atoms with Gasteiger partial charge in [0.05, 0.1) is 25.9 Å². The number of rotatable bonds is 5. The Morgan fingerprint density at radius 2 is 1.76 bits per heavy atom. The molecule has 2 aromatic carbocycles. The summed E-state index contributed by atoms with van der Waals surface area (Å²) in [6.45, 7) is 1.89. The molecule has 21 heavy (non-hydrogen) atoms. The van der Waals surface area contributed by atoms with Crippen LogP contribution < -0.4 is 14.8 Å². The third-order valence-corrected chi connectivity index (χ3v) is 3.26. The van der Waals surface area contributed by atoms with Gasteiger partial charge in [-0.15, -0.1) is 0 Å². The van der Waals surface area contributed by atoms with Gasteiger partial charge in [-0.2, -0.15) is 0 Å². The lowest BCUT2D eigenvalue weighted by molar-refractivity contribution is 0.395. The summed E-state index contributed by atoms with van der Waals surface area (Å²) in [5.74, 6) is 1.57. The molecule has 0 amide bonds. The second-order valence-corrected chi connectivity index (χ2v) is 4.68. The van der Waals surface area contributed by atoms with Crippen molar-refractivity contribution in [2.75, 3.05) is 19.5 Å². The highest BCUT2D eigenvalue weighted by atomic mass is 16.5. The van der Waals surface area contributed by atoms with E-state index in [1.54, 1.807) is 20.3 Å². The van der Waals surface area contributed by atoms with E-state index in [9.17, 15) is 10.2 Å². The highest BCUT2D eigenvalue weighted by Gasteiger charge is 2.14. The molecular formula is C16H19NO4. The summed E-state index contributed by atoms with van der Waals surface area (Å²) in [4.78, 5) is 0. The highest BCUT2D eigenvalue weighted by molar-refractivity contribution is 5.60. The van der Waals surface area contributed by atoms with Crippen LogP contribution in [0.3, 0.4) is 0 Å². The summed E-state index contributed by atoms with van der Waals surface area (Å²) in [6.07, 6.45) is 0. The van der Waals surface area contributed by atoms with E-state index in [0.29, 0.717) is 17.1 Å². The lowest BCUT2D eigenvalue weighted by Crippen LogP contribution is -2.08. The molecule has 112 valence electrons. The quantitative estimate of drug-likeness (QED) is 0.737. The molecule has 0 aliphatic carbocycles. The van der Waals surface area contributed by atoms with E-state index in [0.717, 1.165) is 5.69 Å². The number of hydrogen-bond donors (Lipinski definition) is 3. The number of anilines is 1. The van der Waals surface area contributed by atoms with Crippen molar-refractivity contribution in [2.45, 2.75) is 13.0 Å². The Morgan fingerprint density at radius 3 is 2.43 bits per heavy atom. The smallest absolute Gasteiger partial charge is 0.145 e. The maximum Gasteiger partial charge on any atom is 0.145 e. The molecule has 0 aliphatic heterocycles. The van der Waals surface area contributed by atoms with Gasteiger partial charge in [0, 0.05) is 11.6 Å². The molecule has 0 fully saturated rings. The predicted octanol–water partition coefficient (Wildman–Crippen LogP) is 3.29. The molecule has 0 heterocycles. The fourth-order valence-corrected chi connectivity index (χ4v) is 2.12. The molecule has 3 N–H and O–H groups in total. The first-order valence-corrected chi connectivity index (χ1v) is 6.55. The van der Waals surface area contributed by atoms with Crippen LogP contribution in [-0.2, 0) is 0 Å². The maximum atomic E-state index is 9.89. The van der Waals surface area contributed by atoms with E-state index in [2.05, 4.69) is 5.32 Å². The van der Waals surface area contributed by atoms with Crippen LogP contribution in [0.5, 0.6) is 23.0 Å². The third kappa shape index (κ3) is 3.31. The number of aromatic hydroxyl groups is 2. The average Bonchev–Trinajstić information content (AvgIpc) is 2.49. The molecule has 5 nitrogen and oxygen atoms in total. The lowest BCUT2D eigenvalue weighted by atomic mass is 10.1. The fourth-order valence-electron chi connectivity index (χ4n) is 2.12. The zero-order chi connectivity index (χ0) is 15.4. The molecule has 0 saturated carbocycles. The van der Waals surface area contributed by atoms with E-state index in [1.165, 1.54) is 18.2 Å². The van der Waals surface area contributed by atoms with Gasteiger partial charge in [-0.05, 0) is 37.3 Å². The largest absolute Gasteiger partial charge is 0.508 e. The van der Waals surface area contributed by atoms with Gasteiger partial charge in [0.1, 0.15) is 23.0 Å². The number of nitrogens with one attached hydrogen (secondary N) is 1. The molecule has 0 bridgehead atoms. The van der Waals surface area contributed by atoms with Crippen molar-refractivity contribution >= 4 is 5.69 Å². The minimum Gasteiger partial charge on any atom is -0.508 e. The first-order valence-electron chi connectivity index (χ1n) is 6.55. The SMILES string of the molecule is COc1ccc(NC(C)c2cc(O)ccc2O)c(OC)c1. The number of hydrogen-bond acceptors (Lipinski definition) is 5. The maximum absolute atomic E-state index is 9.89. The second kappa shape index (κ2) is 6.26. The van der Waals surface area contributed by atoms with Gasteiger partial charge in [-0.1, -0.05) is 0 Å². The Hall–Kier alpha value is -2.56. The van der Waals surface area contributed by atoms with Crippen LogP contribution in [0.4, 0.5) is 5.69 Å². The van der Waals surface area contributed by atoms with E-state index in [-0.39, 0.29) is 17.5 Å². The first kappa shape index (κ1) is 14.8. The van der Waals surface area contributed by atoms with Gasteiger partial charge < -0.3 is 25.0 Å². The number of methoxy groups -OCH3 is 2. The summed E-state index contributed by atoms with van der Waals surface area (Å²) in [7, 11) is 3.17. The topological polar surface area (TPSA) is 71.0 Å². The summed E-state index contributed by atoms with van der Waals surface area (Å²) in [5.41, 5.74) is 1.38. The normalized spacial score (nSPS) is 11.8.